The molecule has 0 aliphatic carbocycles. The van der Waals surface area contributed by atoms with Crippen LogP contribution in [-0.2, 0) is 14.4 Å². The molecule has 17 heavy (non-hydrogen) atoms. The average molecular weight is 243 g/mol. The SMILES string of the molecule is CC.CC.CC(=O)CCN1C(=O)CC(C)C1=O. The van der Waals surface area contributed by atoms with Gasteiger partial charge in [0.15, 0.2) is 0 Å². The van der Waals surface area contributed by atoms with E-state index in [4.69, 9.17) is 0 Å². The van der Waals surface area contributed by atoms with E-state index in [9.17, 15) is 14.4 Å². The minimum atomic E-state index is -0.209. The van der Waals surface area contributed by atoms with Crippen LogP contribution in [0.2, 0.25) is 0 Å². The lowest BCUT2D eigenvalue weighted by Gasteiger charge is -2.12. The summed E-state index contributed by atoms with van der Waals surface area (Å²) in [6.07, 6.45) is 0.556. The predicted octanol–water partition coefficient (Wildman–Crippen LogP) is 2.41. The highest BCUT2D eigenvalue weighted by Gasteiger charge is 2.34. The van der Waals surface area contributed by atoms with Gasteiger partial charge in [0.1, 0.15) is 5.78 Å². The molecular formula is C13H25NO3. The normalized spacial score (nSPS) is 18.0. The van der Waals surface area contributed by atoms with Gasteiger partial charge >= 0.3 is 0 Å². The van der Waals surface area contributed by atoms with Crippen molar-refractivity contribution in [1.29, 1.82) is 0 Å². The highest BCUT2D eigenvalue weighted by atomic mass is 16.2. The number of ketones is 1. The Morgan fingerprint density at radius 2 is 1.71 bits per heavy atom. The Kier molecular flexibility index (Phi) is 10.7. The topological polar surface area (TPSA) is 54.5 Å². The number of Topliss-reactive ketones (excluding diaryl/α,β-unsaturated/α-hetero) is 1. The molecule has 100 valence electrons. The van der Waals surface area contributed by atoms with E-state index >= 15 is 0 Å². The zero-order chi connectivity index (χ0) is 14.0. The van der Waals surface area contributed by atoms with E-state index in [0.717, 1.165) is 0 Å². The molecule has 0 radical (unpaired) electrons. The van der Waals surface area contributed by atoms with E-state index in [-0.39, 0.29) is 42.9 Å². The van der Waals surface area contributed by atoms with Crippen LogP contribution < -0.4 is 0 Å². The molecule has 4 nitrogen and oxygen atoms in total. The van der Waals surface area contributed by atoms with Gasteiger partial charge in [-0.25, -0.2) is 0 Å². The molecule has 0 aromatic carbocycles. The van der Waals surface area contributed by atoms with Crippen LogP contribution in [0.15, 0.2) is 0 Å². The summed E-state index contributed by atoms with van der Waals surface area (Å²) in [6.45, 7) is 11.4. The number of hydrogen-bond acceptors (Lipinski definition) is 3. The Morgan fingerprint density at radius 1 is 1.24 bits per heavy atom. The maximum atomic E-state index is 11.3. The van der Waals surface area contributed by atoms with E-state index in [1.54, 1.807) is 6.92 Å². The number of rotatable bonds is 3. The molecule has 1 saturated heterocycles. The second-order valence-corrected chi connectivity index (χ2v) is 3.44. The summed E-state index contributed by atoms with van der Waals surface area (Å²) in [5, 5.41) is 0. The molecule has 0 aromatic heterocycles. The number of carbonyl (C=O) groups is 3. The number of likely N-dealkylation sites (tertiary alicyclic amines) is 1. The van der Waals surface area contributed by atoms with E-state index in [1.165, 1.54) is 11.8 Å². The van der Waals surface area contributed by atoms with Crippen molar-refractivity contribution in [3.05, 3.63) is 0 Å². The molecule has 2 amide bonds. The van der Waals surface area contributed by atoms with Gasteiger partial charge in [0.2, 0.25) is 11.8 Å². The summed E-state index contributed by atoms with van der Waals surface area (Å²) >= 11 is 0. The van der Waals surface area contributed by atoms with Crippen molar-refractivity contribution >= 4 is 17.6 Å². The third-order valence-electron chi connectivity index (χ3n) is 2.16. The van der Waals surface area contributed by atoms with Gasteiger partial charge in [-0.2, -0.15) is 0 Å². The molecule has 1 rings (SSSR count). The van der Waals surface area contributed by atoms with Crippen LogP contribution in [0.4, 0.5) is 0 Å². The quantitative estimate of drug-likeness (QED) is 0.715. The summed E-state index contributed by atoms with van der Waals surface area (Å²) in [7, 11) is 0. The molecule has 0 spiro atoms. The van der Waals surface area contributed by atoms with E-state index < -0.39 is 0 Å². The highest BCUT2D eigenvalue weighted by molar-refractivity contribution is 6.03. The van der Waals surface area contributed by atoms with Gasteiger partial charge in [-0.1, -0.05) is 34.6 Å². The van der Waals surface area contributed by atoms with Crippen LogP contribution in [-0.4, -0.2) is 29.0 Å². The lowest BCUT2D eigenvalue weighted by molar-refractivity contribution is -0.139. The Bertz CT molecular complexity index is 261. The van der Waals surface area contributed by atoms with Crippen molar-refractivity contribution in [3.63, 3.8) is 0 Å². The molecular weight excluding hydrogens is 218 g/mol. The van der Waals surface area contributed by atoms with Gasteiger partial charge in [0.05, 0.1) is 0 Å². The number of carbonyl (C=O) groups excluding carboxylic acids is 3. The summed E-state index contributed by atoms with van der Waals surface area (Å²) in [6, 6.07) is 0. The number of hydrogen-bond donors (Lipinski definition) is 0. The first-order valence-corrected chi connectivity index (χ1v) is 6.36. The highest BCUT2D eigenvalue weighted by Crippen LogP contribution is 2.18. The fraction of sp³-hybridized carbons (Fsp3) is 0.769. The van der Waals surface area contributed by atoms with Gasteiger partial charge in [0, 0.05) is 25.3 Å². The Balaban J connectivity index is 0. The van der Waals surface area contributed by atoms with Crippen molar-refractivity contribution in [3.8, 4) is 0 Å². The molecule has 1 heterocycles. The minimum absolute atomic E-state index is 0.000142. The molecule has 1 aliphatic rings. The summed E-state index contributed by atoms with van der Waals surface area (Å²) in [4.78, 5) is 34.4. The van der Waals surface area contributed by atoms with Crippen molar-refractivity contribution in [1.82, 2.24) is 4.90 Å². The molecule has 0 N–H and O–H groups in total. The van der Waals surface area contributed by atoms with Crippen molar-refractivity contribution in [2.24, 2.45) is 5.92 Å². The van der Waals surface area contributed by atoms with Crippen molar-refractivity contribution in [2.45, 2.75) is 54.4 Å². The maximum Gasteiger partial charge on any atom is 0.232 e. The zero-order valence-electron chi connectivity index (χ0n) is 11.9. The first kappa shape index (κ1) is 18.2. The summed E-state index contributed by atoms with van der Waals surface area (Å²) in [5.74, 6) is -0.510. The average Bonchev–Trinajstić information content (AvgIpc) is 2.56. The number of nitrogens with zero attached hydrogens (tertiary/aromatic N) is 1. The first-order valence-electron chi connectivity index (χ1n) is 6.36. The van der Waals surface area contributed by atoms with Crippen LogP contribution in [0.5, 0.6) is 0 Å². The van der Waals surface area contributed by atoms with Crippen LogP contribution in [0.1, 0.15) is 54.4 Å². The van der Waals surface area contributed by atoms with E-state index in [1.807, 2.05) is 27.7 Å². The smallest absolute Gasteiger partial charge is 0.232 e. The van der Waals surface area contributed by atoms with Crippen LogP contribution in [0, 0.1) is 5.92 Å². The van der Waals surface area contributed by atoms with E-state index in [2.05, 4.69) is 0 Å². The van der Waals surface area contributed by atoms with Crippen LogP contribution in [0.25, 0.3) is 0 Å². The lowest BCUT2D eigenvalue weighted by atomic mass is 10.1. The molecule has 0 saturated carbocycles. The fourth-order valence-corrected chi connectivity index (χ4v) is 1.35. The van der Waals surface area contributed by atoms with Gasteiger partial charge in [0.25, 0.3) is 0 Å². The molecule has 0 bridgehead atoms. The van der Waals surface area contributed by atoms with Gasteiger partial charge in [-0.15, -0.1) is 0 Å². The van der Waals surface area contributed by atoms with Crippen LogP contribution in [0.3, 0.4) is 0 Å². The molecule has 1 unspecified atom stereocenters. The second kappa shape index (κ2) is 10.00. The van der Waals surface area contributed by atoms with Gasteiger partial charge < -0.3 is 0 Å². The minimum Gasteiger partial charge on any atom is -0.300 e. The molecule has 1 aliphatic heterocycles. The predicted molar refractivity (Wildman–Crippen MR) is 68.5 cm³/mol. The third-order valence-corrected chi connectivity index (χ3v) is 2.16. The largest absolute Gasteiger partial charge is 0.300 e. The third kappa shape index (κ3) is 6.19. The van der Waals surface area contributed by atoms with Crippen molar-refractivity contribution < 1.29 is 14.4 Å². The van der Waals surface area contributed by atoms with Crippen molar-refractivity contribution in [2.75, 3.05) is 6.54 Å². The van der Waals surface area contributed by atoms with E-state index in [0.29, 0.717) is 0 Å². The summed E-state index contributed by atoms with van der Waals surface area (Å²) < 4.78 is 0. The number of amides is 2. The fourth-order valence-electron chi connectivity index (χ4n) is 1.35. The van der Waals surface area contributed by atoms with Gasteiger partial charge in [-0.05, 0) is 6.92 Å². The Morgan fingerprint density at radius 3 is 2.00 bits per heavy atom. The molecule has 1 atom stereocenters. The Hall–Kier alpha value is -1.19. The first-order chi connectivity index (χ1) is 8.02. The number of imide groups is 1. The summed E-state index contributed by atoms with van der Waals surface area (Å²) in [5.41, 5.74) is 0. The monoisotopic (exact) mass is 243 g/mol. The van der Waals surface area contributed by atoms with Gasteiger partial charge in [-0.3, -0.25) is 19.3 Å². The second-order valence-electron chi connectivity index (χ2n) is 3.44. The van der Waals surface area contributed by atoms with Crippen LogP contribution >= 0.6 is 0 Å². The Labute approximate surface area is 104 Å². The maximum absolute atomic E-state index is 11.3. The molecule has 4 heteroatoms. The lowest BCUT2D eigenvalue weighted by Crippen LogP contribution is -2.32. The standard InChI is InChI=1S/C9H13NO3.2C2H6/c1-6-5-8(12)10(9(6)13)4-3-7(2)11;2*1-2/h6H,3-5H2,1-2H3;2*1-2H3. The molecule has 0 aromatic rings. The zero-order valence-corrected chi connectivity index (χ0v) is 11.9. The molecule has 1 fully saturated rings.